The maximum atomic E-state index is 12.5. The van der Waals surface area contributed by atoms with Gasteiger partial charge in [-0.15, -0.1) is 0 Å². The molecule has 0 atom stereocenters. The lowest BCUT2D eigenvalue weighted by atomic mass is 10.1. The second kappa shape index (κ2) is 11.4. The molecule has 2 amide bonds. The molecule has 0 aliphatic heterocycles. The molecule has 0 fully saturated rings. The largest absolute Gasteiger partial charge is 0.507 e. The number of fused-ring (bicyclic) bond motifs is 1. The van der Waals surface area contributed by atoms with Crippen LogP contribution in [0.5, 0.6) is 5.75 Å². The van der Waals surface area contributed by atoms with E-state index in [1.807, 2.05) is 36.4 Å². The van der Waals surface area contributed by atoms with Crippen molar-refractivity contribution in [2.75, 3.05) is 16.0 Å². The summed E-state index contributed by atoms with van der Waals surface area (Å²) in [6.45, 7) is 0. The molecule has 10 heteroatoms. The van der Waals surface area contributed by atoms with Crippen LogP contribution in [0.3, 0.4) is 0 Å². The summed E-state index contributed by atoms with van der Waals surface area (Å²) in [6.07, 6.45) is 2.83. The molecule has 0 aliphatic rings. The molecule has 0 saturated heterocycles. The molecule has 0 aliphatic carbocycles. The van der Waals surface area contributed by atoms with Crippen LogP contribution in [0, 0.1) is 0 Å². The molecule has 0 saturated carbocycles. The van der Waals surface area contributed by atoms with Gasteiger partial charge in [0.2, 0.25) is 0 Å². The topological polar surface area (TPSA) is 129 Å². The standard InChI is InChI=1S/C29H21ClN6O3/c30-26-24(36-29(39)28(38)35-21-7-2-1-3-8-21)27(33-17-32-26)34-22-14-12-20(13-15-22)31-16-19-11-10-18-6-4-5-9-23(18)25(19)37/h1-17,37H,(H,35,38)(H,36,39)(H,32,33,34). The van der Waals surface area contributed by atoms with E-state index in [1.54, 1.807) is 60.8 Å². The van der Waals surface area contributed by atoms with Crippen LogP contribution in [0.15, 0.2) is 102 Å². The first-order valence-electron chi connectivity index (χ1n) is 11.8. The van der Waals surface area contributed by atoms with Gasteiger partial charge in [0.1, 0.15) is 17.8 Å². The lowest BCUT2D eigenvalue weighted by molar-refractivity contribution is -0.132. The van der Waals surface area contributed by atoms with Gasteiger partial charge in [-0.25, -0.2) is 9.97 Å². The molecule has 0 unspecified atom stereocenters. The molecule has 0 spiro atoms. The Hall–Kier alpha value is -5.28. The Bertz CT molecular complexity index is 1690. The average molecular weight is 537 g/mol. The van der Waals surface area contributed by atoms with E-state index in [9.17, 15) is 14.7 Å². The van der Waals surface area contributed by atoms with Crippen molar-refractivity contribution < 1.29 is 14.7 Å². The zero-order valence-corrected chi connectivity index (χ0v) is 21.1. The number of benzene rings is 4. The zero-order chi connectivity index (χ0) is 27.2. The fourth-order valence-corrected chi connectivity index (χ4v) is 3.92. The minimum Gasteiger partial charge on any atom is -0.507 e. The molecule has 4 aromatic carbocycles. The van der Waals surface area contributed by atoms with Crippen LogP contribution < -0.4 is 16.0 Å². The number of rotatable bonds is 6. The van der Waals surface area contributed by atoms with E-state index in [4.69, 9.17) is 11.6 Å². The van der Waals surface area contributed by atoms with Crippen molar-refractivity contribution in [2.45, 2.75) is 0 Å². The van der Waals surface area contributed by atoms with Crippen LogP contribution in [0.2, 0.25) is 5.15 Å². The molecule has 5 aromatic rings. The Morgan fingerprint density at radius 1 is 0.795 bits per heavy atom. The van der Waals surface area contributed by atoms with E-state index in [2.05, 4.69) is 30.9 Å². The molecule has 192 valence electrons. The van der Waals surface area contributed by atoms with Crippen molar-refractivity contribution >= 4 is 69.0 Å². The van der Waals surface area contributed by atoms with E-state index in [-0.39, 0.29) is 22.4 Å². The van der Waals surface area contributed by atoms with Crippen molar-refractivity contribution in [3.63, 3.8) is 0 Å². The van der Waals surface area contributed by atoms with Crippen molar-refractivity contribution in [3.8, 4) is 5.75 Å². The number of aromatic hydroxyl groups is 1. The number of halogens is 1. The van der Waals surface area contributed by atoms with E-state index in [0.717, 1.165) is 10.8 Å². The minimum atomic E-state index is -0.930. The highest BCUT2D eigenvalue weighted by molar-refractivity contribution is 6.45. The summed E-state index contributed by atoms with van der Waals surface area (Å²) in [5.41, 5.74) is 2.41. The molecular weight excluding hydrogens is 516 g/mol. The van der Waals surface area contributed by atoms with Gasteiger partial charge in [0.05, 0.1) is 5.69 Å². The van der Waals surface area contributed by atoms with Crippen molar-refractivity contribution in [2.24, 2.45) is 4.99 Å². The first kappa shape index (κ1) is 25.4. The maximum absolute atomic E-state index is 12.5. The Labute approximate surface area is 228 Å². The van der Waals surface area contributed by atoms with Gasteiger partial charge in [0, 0.05) is 28.5 Å². The van der Waals surface area contributed by atoms with E-state index in [1.165, 1.54) is 6.33 Å². The van der Waals surface area contributed by atoms with Crippen LogP contribution in [-0.2, 0) is 9.59 Å². The monoisotopic (exact) mass is 536 g/mol. The summed E-state index contributed by atoms with van der Waals surface area (Å²) in [5, 5.41) is 20.3. The summed E-state index contributed by atoms with van der Waals surface area (Å²) in [5.74, 6) is -1.43. The quantitative estimate of drug-likeness (QED) is 0.119. The average Bonchev–Trinajstić information content (AvgIpc) is 2.96. The minimum absolute atomic E-state index is 0.0372. The van der Waals surface area contributed by atoms with Gasteiger partial charge in [-0.2, -0.15) is 0 Å². The summed E-state index contributed by atoms with van der Waals surface area (Å²) in [6, 6.07) is 27.0. The van der Waals surface area contributed by atoms with E-state index in [0.29, 0.717) is 22.6 Å². The summed E-state index contributed by atoms with van der Waals surface area (Å²) < 4.78 is 0. The van der Waals surface area contributed by atoms with Crippen LogP contribution in [0.4, 0.5) is 28.6 Å². The SMILES string of the molecule is O=C(Nc1ccccc1)C(=O)Nc1c(Cl)ncnc1Nc1ccc(N=Cc2ccc3ccccc3c2O)cc1. The smallest absolute Gasteiger partial charge is 0.314 e. The second-order valence-electron chi connectivity index (χ2n) is 8.32. The van der Waals surface area contributed by atoms with E-state index < -0.39 is 11.8 Å². The lowest BCUT2D eigenvalue weighted by Gasteiger charge is -2.13. The number of hydrogen-bond donors (Lipinski definition) is 4. The third kappa shape index (κ3) is 6.00. The highest BCUT2D eigenvalue weighted by Crippen LogP contribution is 2.30. The predicted octanol–water partition coefficient (Wildman–Crippen LogP) is 6.06. The van der Waals surface area contributed by atoms with Gasteiger partial charge in [0.15, 0.2) is 11.0 Å². The number of para-hydroxylation sites is 1. The molecular formula is C29H21ClN6O3. The first-order chi connectivity index (χ1) is 19.0. The predicted molar refractivity (Wildman–Crippen MR) is 153 cm³/mol. The van der Waals surface area contributed by atoms with Crippen LogP contribution >= 0.6 is 11.6 Å². The third-order valence-electron chi connectivity index (χ3n) is 5.69. The maximum Gasteiger partial charge on any atom is 0.314 e. The second-order valence-corrected chi connectivity index (χ2v) is 8.67. The molecule has 5 rings (SSSR count). The van der Waals surface area contributed by atoms with Gasteiger partial charge in [-0.05, 0) is 47.9 Å². The number of nitrogens with one attached hydrogen (secondary N) is 3. The number of aromatic nitrogens is 2. The Balaban J connectivity index is 1.28. The highest BCUT2D eigenvalue weighted by atomic mass is 35.5. The van der Waals surface area contributed by atoms with Crippen molar-refractivity contribution in [3.05, 3.63) is 108 Å². The summed E-state index contributed by atoms with van der Waals surface area (Å²) >= 11 is 6.20. The van der Waals surface area contributed by atoms with Crippen LogP contribution in [-0.4, -0.2) is 33.1 Å². The number of hydrogen-bond acceptors (Lipinski definition) is 7. The number of phenols is 1. The number of carbonyl (C=O) groups is 2. The number of carbonyl (C=O) groups excluding carboxylic acids is 2. The third-order valence-corrected chi connectivity index (χ3v) is 5.98. The van der Waals surface area contributed by atoms with Crippen molar-refractivity contribution in [1.82, 2.24) is 9.97 Å². The van der Waals surface area contributed by atoms with E-state index >= 15 is 0 Å². The fourth-order valence-electron chi connectivity index (χ4n) is 3.74. The van der Waals surface area contributed by atoms with Crippen LogP contribution in [0.1, 0.15) is 5.56 Å². The normalized spacial score (nSPS) is 10.9. The van der Waals surface area contributed by atoms with Gasteiger partial charge >= 0.3 is 11.8 Å². The number of anilines is 4. The van der Waals surface area contributed by atoms with Crippen molar-refractivity contribution in [1.29, 1.82) is 0 Å². The Morgan fingerprint density at radius 2 is 1.51 bits per heavy atom. The van der Waals surface area contributed by atoms with Gasteiger partial charge in [0.25, 0.3) is 0 Å². The summed E-state index contributed by atoms with van der Waals surface area (Å²) in [7, 11) is 0. The molecule has 4 N–H and O–H groups in total. The number of aliphatic imine (C=N–C) groups is 1. The lowest BCUT2D eigenvalue weighted by Crippen LogP contribution is -2.29. The molecule has 0 radical (unpaired) electrons. The fraction of sp³-hybridized carbons (Fsp3) is 0. The molecule has 0 bridgehead atoms. The zero-order valence-electron chi connectivity index (χ0n) is 20.3. The molecule has 1 heterocycles. The van der Waals surface area contributed by atoms with Gasteiger partial charge < -0.3 is 21.1 Å². The number of phenolic OH excluding ortho intramolecular Hbond substituents is 1. The Kier molecular flexibility index (Phi) is 7.42. The molecule has 39 heavy (non-hydrogen) atoms. The number of nitrogens with zero attached hydrogens (tertiary/aromatic N) is 3. The first-order valence-corrected chi connectivity index (χ1v) is 12.2. The molecule has 1 aromatic heterocycles. The van der Waals surface area contributed by atoms with Gasteiger partial charge in [-0.1, -0.05) is 60.1 Å². The Morgan fingerprint density at radius 3 is 2.31 bits per heavy atom. The van der Waals surface area contributed by atoms with Gasteiger partial charge in [-0.3, -0.25) is 14.6 Å². The number of amides is 2. The summed E-state index contributed by atoms with van der Waals surface area (Å²) in [4.78, 5) is 37.3. The highest BCUT2D eigenvalue weighted by Gasteiger charge is 2.19. The van der Waals surface area contributed by atoms with Crippen LogP contribution in [0.25, 0.3) is 10.8 Å². The molecule has 9 nitrogen and oxygen atoms in total.